The third-order valence-corrected chi connectivity index (χ3v) is 5.59. The summed E-state index contributed by atoms with van der Waals surface area (Å²) >= 11 is 0. The van der Waals surface area contributed by atoms with E-state index in [0.29, 0.717) is 5.69 Å². The number of nitrogens with zero attached hydrogens (tertiary/aromatic N) is 4. The maximum absolute atomic E-state index is 12.7. The molecule has 0 bridgehead atoms. The van der Waals surface area contributed by atoms with Gasteiger partial charge in [0.25, 0.3) is 6.08 Å². The fourth-order valence-corrected chi connectivity index (χ4v) is 3.24. The van der Waals surface area contributed by atoms with Crippen LogP contribution in [0.5, 0.6) is 0 Å². The van der Waals surface area contributed by atoms with E-state index in [4.69, 9.17) is 15.6 Å². The minimum atomic E-state index is -5.08. The maximum Gasteiger partial charge on any atom is 0.490 e. The maximum atomic E-state index is 12.7. The number of nitrogens with two attached hydrogens (primary N) is 1. The molecule has 16 heteroatoms. The number of carboxylic acids is 1. The van der Waals surface area contributed by atoms with Crippen LogP contribution in [0.1, 0.15) is 0 Å². The number of aliphatic carboxylic acids is 1. The number of benzene rings is 2. The van der Waals surface area contributed by atoms with Gasteiger partial charge in [-0.15, -0.1) is 0 Å². The van der Waals surface area contributed by atoms with Crippen molar-refractivity contribution in [2.75, 3.05) is 12.8 Å². The second-order valence-electron chi connectivity index (χ2n) is 7.05. The highest BCUT2D eigenvalue weighted by atomic mass is 32.2. The summed E-state index contributed by atoms with van der Waals surface area (Å²) < 4.78 is 82.1. The summed E-state index contributed by atoms with van der Waals surface area (Å²) in [6, 6.07) is 13.1. The fraction of sp³-hybridized carbons (Fsp3) is 0.200. The Morgan fingerprint density at radius 1 is 1.00 bits per heavy atom. The molecule has 0 radical (unpaired) electrons. The summed E-state index contributed by atoms with van der Waals surface area (Å²) in [4.78, 5) is 21.5. The zero-order valence-corrected chi connectivity index (χ0v) is 19.1. The summed E-state index contributed by atoms with van der Waals surface area (Å²) in [5.74, 6) is -2.76. The van der Waals surface area contributed by atoms with E-state index >= 15 is 0 Å². The van der Waals surface area contributed by atoms with Gasteiger partial charge in [0.2, 0.25) is 0 Å². The summed E-state index contributed by atoms with van der Waals surface area (Å²) in [7, 11) is -3.28. The van der Waals surface area contributed by atoms with Gasteiger partial charge in [-0.05, 0) is 45.8 Å². The van der Waals surface area contributed by atoms with Crippen molar-refractivity contribution in [2.24, 2.45) is 5.73 Å². The minimum absolute atomic E-state index is 0.219. The Labute approximate surface area is 200 Å². The molecule has 0 spiro atoms. The lowest BCUT2D eigenvalue weighted by molar-refractivity contribution is -0.192. The quantitative estimate of drug-likeness (QED) is 0.457. The van der Waals surface area contributed by atoms with Crippen molar-refractivity contribution in [2.45, 2.75) is 17.6 Å². The van der Waals surface area contributed by atoms with Crippen LogP contribution in [0.2, 0.25) is 0 Å². The molecule has 0 saturated carbocycles. The van der Waals surface area contributed by atoms with Gasteiger partial charge in [-0.2, -0.15) is 31.3 Å². The Hall–Kier alpha value is -3.92. The van der Waals surface area contributed by atoms with E-state index in [0.717, 1.165) is 26.7 Å². The monoisotopic (exact) mass is 535 g/mol. The highest BCUT2D eigenvalue weighted by Gasteiger charge is 2.38. The lowest BCUT2D eigenvalue weighted by atomic mass is 10.1. The predicted molar refractivity (Wildman–Crippen MR) is 116 cm³/mol. The first kappa shape index (κ1) is 28.3. The van der Waals surface area contributed by atoms with Crippen LogP contribution in [0.25, 0.3) is 16.8 Å². The van der Waals surface area contributed by atoms with Gasteiger partial charge < -0.3 is 10.8 Å². The van der Waals surface area contributed by atoms with E-state index in [1.165, 1.54) is 12.1 Å². The van der Waals surface area contributed by atoms with Gasteiger partial charge in [-0.1, -0.05) is 24.3 Å². The molecule has 10 nitrogen and oxygen atoms in total. The number of sulfone groups is 1. The predicted octanol–water partition coefficient (Wildman–Crippen LogP) is 2.24. The Bertz CT molecular complexity index is 1410. The molecule has 0 amide bonds. The third-order valence-electron chi connectivity index (χ3n) is 4.46. The molecule has 1 aromatic heterocycles. The van der Waals surface area contributed by atoms with Crippen LogP contribution in [-0.2, 0) is 21.2 Å². The topological polar surface area (TPSA) is 150 Å². The smallest absolute Gasteiger partial charge is 0.475 e. The number of alkyl halides is 3. The average Bonchev–Trinajstić information content (AvgIpc) is 3.16. The molecular formula is C20H18F5N5O5S. The molecule has 0 fully saturated rings. The molecule has 3 rings (SSSR count). The van der Waals surface area contributed by atoms with Crippen molar-refractivity contribution < 1.29 is 40.3 Å². The largest absolute Gasteiger partial charge is 0.490 e. The molecular weight excluding hydrogens is 517 g/mol. The third kappa shape index (κ3) is 7.29. The van der Waals surface area contributed by atoms with Gasteiger partial charge in [-0.25, -0.2) is 18.0 Å². The second kappa shape index (κ2) is 11.2. The molecule has 1 heterocycles. The molecule has 0 unspecified atom stereocenters. The number of carbonyl (C=O) groups is 1. The fourth-order valence-electron chi connectivity index (χ4n) is 2.61. The lowest BCUT2D eigenvalue weighted by Crippen LogP contribution is -2.26. The highest BCUT2D eigenvalue weighted by Crippen LogP contribution is 2.22. The van der Waals surface area contributed by atoms with Crippen molar-refractivity contribution in [3.05, 3.63) is 70.7 Å². The van der Waals surface area contributed by atoms with Crippen LogP contribution in [0.4, 0.5) is 22.0 Å². The Morgan fingerprint density at radius 2 is 1.47 bits per heavy atom. The van der Waals surface area contributed by atoms with E-state index in [-0.39, 0.29) is 4.90 Å². The first-order valence-corrected chi connectivity index (χ1v) is 11.5. The Morgan fingerprint density at radius 3 is 1.86 bits per heavy atom. The number of aromatic nitrogens is 4. The Balaban J connectivity index is 0.000000572. The number of carboxylic acid groups (broad SMARTS) is 1. The van der Waals surface area contributed by atoms with E-state index < -0.39 is 52.4 Å². The van der Waals surface area contributed by atoms with Crippen molar-refractivity contribution in [3.63, 3.8) is 0 Å². The van der Waals surface area contributed by atoms with Crippen LogP contribution in [0.15, 0.2) is 69.9 Å². The number of halogens is 5. The van der Waals surface area contributed by atoms with Gasteiger partial charge in [0.15, 0.2) is 9.84 Å². The Kier molecular flexibility index (Phi) is 8.82. The van der Waals surface area contributed by atoms with Gasteiger partial charge in [-0.3, -0.25) is 0 Å². The van der Waals surface area contributed by atoms with Crippen LogP contribution < -0.4 is 11.4 Å². The summed E-state index contributed by atoms with van der Waals surface area (Å²) in [5.41, 5.74) is 6.16. The first-order chi connectivity index (χ1) is 16.6. The second-order valence-corrected chi connectivity index (χ2v) is 9.06. The molecule has 3 aromatic rings. The lowest BCUT2D eigenvalue weighted by Gasteiger charge is -2.05. The molecule has 3 N–H and O–H groups in total. The van der Waals surface area contributed by atoms with Crippen LogP contribution in [0, 0.1) is 0 Å². The van der Waals surface area contributed by atoms with Gasteiger partial charge in [0.1, 0.15) is 0 Å². The van der Waals surface area contributed by atoms with Crippen molar-refractivity contribution in [1.29, 1.82) is 0 Å². The van der Waals surface area contributed by atoms with Gasteiger partial charge >= 0.3 is 17.8 Å². The molecule has 0 aliphatic heterocycles. The van der Waals surface area contributed by atoms with E-state index in [9.17, 15) is 35.2 Å². The van der Waals surface area contributed by atoms with E-state index in [1.54, 1.807) is 36.4 Å². The number of tetrazole rings is 1. The van der Waals surface area contributed by atoms with Gasteiger partial charge in [0.05, 0.1) is 17.1 Å². The van der Waals surface area contributed by atoms with E-state index in [2.05, 4.69) is 10.4 Å². The molecule has 0 aliphatic rings. The summed E-state index contributed by atoms with van der Waals surface area (Å²) in [5, 5.41) is 14.5. The molecule has 0 saturated heterocycles. The van der Waals surface area contributed by atoms with Gasteiger partial charge in [0, 0.05) is 18.4 Å². The van der Waals surface area contributed by atoms with Crippen LogP contribution in [-0.4, -0.2) is 58.3 Å². The average molecular weight is 535 g/mol. The molecule has 36 heavy (non-hydrogen) atoms. The zero-order valence-electron chi connectivity index (χ0n) is 18.3. The van der Waals surface area contributed by atoms with Crippen molar-refractivity contribution >= 4 is 15.8 Å². The standard InChI is InChI=1S/C18H17F2N5O3S.C2HF3O2/c1-29(27,28)16-8-4-13(5-9-16)12-2-6-15(7-3-12)25-18(26)24(22-23-25)11-14(10-21)17(19)20;3-2(4,5)1(6)7/h2-9H,10-11,21H2,1H3;(H,6,7). The number of rotatable bonds is 6. The van der Waals surface area contributed by atoms with Crippen molar-refractivity contribution in [3.8, 4) is 16.8 Å². The molecule has 0 atom stereocenters. The zero-order chi connectivity index (χ0) is 27.3. The summed E-state index contributed by atoms with van der Waals surface area (Å²) in [6.07, 6.45) is -5.89. The molecule has 2 aromatic carbocycles. The highest BCUT2D eigenvalue weighted by molar-refractivity contribution is 7.90. The number of hydrogen-bond donors (Lipinski definition) is 2. The van der Waals surface area contributed by atoms with Crippen LogP contribution >= 0.6 is 0 Å². The molecule has 194 valence electrons. The normalized spacial score (nSPS) is 11.4. The SMILES string of the molecule is CS(=O)(=O)c1ccc(-c2ccc(-n3nnn(CC(CN)=C(F)F)c3=O)cc2)cc1.O=C(O)C(F)(F)F. The van der Waals surface area contributed by atoms with Crippen LogP contribution in [0.3, 0.4) is 0 Å². The van der Waals surface area contributed by atoms with E-state index in [1.807, 2.05) is 0 Å². The summed E-state index contributed by atoms with van der Waals surface area (Å²) in [6.45, 7) is -0.836. The molecule has 0 aliphatic carbocycles. The first-order valence-electron chi connectivity index (χ1n) is 9.62. The minimum Gasteiger partial charge on any atom is -0.475 e. The number of hydrogen-bond acceptors (Lipinski definition) is 7. The van der Waals surface area contributed by atoms with Crippen molar-refractivity contribution in [1.82, 2.24) is 19.8 Å².